The zero-order chi connectivity index (χ0) is 10.7. The summed E-state index contributed by atoms with van der Waals surface area (Å²) in [5, 5.41) is 4.54. The molecular weight excluding hydrogens is 230 g/mol. The molecule has 84 valence electrons. The largest absolute Gasteiger partial charge is 0.356 e. The van der Waals surface area contributed by atoms with E-state index in [-0.39, 0.29) is 5.38 Å². The highest BCUT2D eigenvalue weighted by Crippen LogP contribution is 2.25. The average Bonchev–Trinajstić information content (AvgIpc) is 2.50. The molecule has 1 aliphatic rings. The van der Waals surface area contributed by atoms with E-state index in [1.54, 1.807) is 0 Å². The molecule has 2 atom stereocenters. The van der Waals surface area contributed by atoms with E-state index in [1.165, 1.54) is 30.8 Å². The quantitative estimate of drug-likeness (QED) is 0.642. The minimum Gasteiger partial charge on any atom is -0.356 e. The fraction of sp³-hybridized carbons (Fsp3) is 0.800. The van der Waals surface area contributed by atoms with E-state index in [9.17, 15) is 0 Å². The van der Waals surface area contributed by atoms with Gasteiger partial charge in [0, 0.05) is 17.6 Å². The number of rotatable bonds is 2. The third-order valence-corrected chi connectivity index (χ3v) is 4.03. The molecular formula is C10H16ClN3S. The number of anilines is 1. The van der Waals surface area contributed by atoms with Gasteiger partial charge in [-0.1, -0.05) is 19.3 Å². The molecule has 0 radical (unpaired) electrons. The van der Waals surface area contributed by atoms with Crippen LogP contribution in [0.4, 0.5) is 5.13 Å². The predicted molar refractivity (Wildman–Crippen MR) is 64.8 cm³/mol. The number of nitrogens with one attached hydrogen (secondary N) is 1. The first kappa shape index (κ1) is 11.1. The maximum atomic E-state index is 6.34. The molecule has 2 rings (SSSR count). The molecule has 0 amide bonds. The van der Waals surface area contributed by atoms with E-state index in [2.05, 4.69) is 14.7 Å². The Morgan fingerprint density at radius 2 is 2.13 bits per heavy atom. The van der Waals surface area contributed by atoms with Crippen LogP contribution in [0.5, 0.6) is 0 Å². The molecule has 15 heavy (non-hydrogen) atoms. The van der Waals surface area contributed by atoms with Gasteiger partial charge in [-0.3, -0.25) is 0 Å². The average molecular weight is 246 g/mol. The number of nitrogens with zero attached hydrogens (tertiary/aromatic N) is 2. The van der Waals surface area contributed by atoms with E-state index in [0.717, 1.165) is 23.8 Å². The number of aromatic nitrogens is 2. The van der Waals surface area contributed by atoms with E-state index < -0.39 is 0 Å². The first-order chi connectivity index (χ1) is 7.25. The maximum absolute atomic E-state index is 6.34. The SMILES string of the molecule is Cc1nsc(NC2CCCCCC2Cl)n1. The van der Waals surface area contributed by atoms with Gasteiger partial charge in [0.15, 0.2) is 0 Å². The molecule has 1 saturated carbocycles. The van der Waals surface area contributed by atoms with Crippen LogP contribution in [0.3, 0.4) is 0 Å². The molecule has 0 saturated heterocycles. The molecule has 0 aromatic carbocycles. The van der Waals surface area contributed by atoms with Crippen LogP contribution in [0.25, 0.3) is 0 Å². The topological polar surface area (TPSA) is 37.8 Å². The summed E-state index contributed by atoms with van der Waals surface area (Å²) in [6, 6.07) is 0.363. The van der Waals surface area contributed by atoms with Crippen molar-refractivity contribution in [2.45, 2.75) is 50.4 Å². The number of alkyl halides is 1. The molecule has 1 fully saturated rings. The van der Waals surface area contributed by atoms with E-state index >= 15 is 0 Å². The zero-order valence-electron chi connectivity index (χ0n) is 8.87. The number of hydrogen-bond acceptors (Lipinski definition) is 4. The summed E-state index contributed by atoms with van der Waals surface area (Å²) < 4.78 is 4.16. The first-order valence-electron chi connectivity index (χ1n) is 5.46. The van der Waals surface area contributed by atoms with Gasteiger partial charge < -0.3 is 5.32 Å². The molecule has 1 aromatic heterocycles. The Bertz CT molecular complexity index is 315. The molecule has 5 heteroatoms. The lowest BCUT2D eigenvalue weighted by Crippen LogP contribution is -2.28. The molecule has 2 unspecified atom stereocenters. The van der Waals surface area contributed by atoms with Crippen LogP contribution >= 0.6 is 23.1 Å². The summed E-state index contributed by atoms with van der Waals surface area (Å²) in [4.78, 5) is 4.31. The molecule has 1 aromatic rings. The molecule has 0 aliphatic heterocycles. The monoisotopic (exact) mass is 245 g/mol. The summed E-state index contributed by atoms with van der Waals surface area (Å²) >= 11 is 7.76. The van der Waals surface area contributed by atoms with Crippen LogP contribution < -0.4 is 5.32 Å². The van der Waals surface area contributed by atoms with Crippen molar-refractivity contribution in [1.82, 2.24) is 9.36 Å². The lowest BCUT2D eigenvalue weighted by atomic mass is 10.1. The van der Waals surface area contributed by atoms with Gasteiger partial charge in [-0.15, -0.1) is 11.6 Å². The maximum Gasteiger partial charge on any atom is 0.202 e. The molecule has 1 heterocycles. The van der Waals surface area contributed by atoms with Crippen LogP contribution in [-0.2, 0) is 0 Å². The predicted octanol–water partition coefficient (Wildman–Crippen LogP) is 3.20. The first-order valence-corrected chi connectivity index (χ1v) is 6.67. The van der Waals surface area contributed by atoms with Gasteiger partial charge in [-0.25, -0.2) is 4.98 Å². The van der Waals surface area contributed by atoms with E-state index in [1.807, 2.05) is 6.92 Å². The van der Waals surface area contributed by atoms with Crippen LogP contribution in [0.15, 0.2) is 0 Å². The Morgan fingerprint density at radius 3 is 2.87 bits per heavy atom. The van der Waals surface area contributed by atoms with Gasteiger partial charge in [-0.2, -0.15) is 4.37 Å². The number of hydrogen-bond donors (Lipinski definition) is 1. The Labute approximate surface area is 99.4 Å². The Balaban J connectivity index is 1.97. The van der Waals surface area contributed by atoms with Crippen molar-refractivity contribution in [3.63, 3.8) is 0 Å². The van der Waals surface area contributed by atoms with Crippen molar-refractivity contribution < 1.29 is 0 Å². The third kappa shape index (κ3) is 3.05. The van der Waals surface area contributed by atoms with Crippen molar-refractivity contribution in [2.24, 2.45) is 0 Å². The second-order valence-corrected chi connectivity index (χ2v) is 5.36. The molecule has 0 spiro atoms. The highest BCUT2D eigenvalue weighted by molar-refractivity contribution is 7.09. The van der Waals surface area contributed by atoms with Crippen molar-refractivity contribution in [1.29, 1.82) is 0 Å². The fourth-order valence-corrected chi connectivity index (χ4v) is 2.92. The standard InChI is InChI=1S/C10H16ClN3S/c1-7-12-10(15-14-7)13-9-6-4-2-3-5-8(9)11/h8-9H,2-6H2,1H3,(H,12,13,14). The van der Waals surface area contributed by atoms with Gasteiger partial charge in [-0.05, 0) is 19.8 Å². The molecule has 3 nitrogen and oxygen atoms in total. The second-order valence-electron chi connectivity index (χ2n) is 4.05. The molecule has 1 N–H and O–H groups in total. The fourth-order valence-electron chi connectivity index (χ4n) is 1.94. The second kappa shape index (κ2) is 5.12. The number of halogens is 1. The Hall–Kier alpha value is -0.350. The van der Waals surface area contributed by atoms with Crippen LogP contribution in [0.1, 0.15) is 37.9 Å². The van der Waals surface area contributed by atoms with Crippen LogP contribution in [0.2, 0.25) is 0 Å². The van der Waals surface area contributed by atoms with Crippen molar-refractivity contribution in [3.8, 4) is 0 Å². The summed E-state index contributed by atoms with van der Waals surface area (Å²) in [7, 11) is 0. The summed E-state index contributed by atoms with van der Waals surface area (Å²) in [6.07, 6.45) is 6.07. The zero-order valence-corrected chi connectivity index (χ0v) is 10.4. The Morgan fingerprint density at radius 1 is 1.33 bits per heavy atom. The summed E-state index contributed by atoms with van der Waals surface area (Å²) in [5.41, 5.74) is 0. The Kier molecular flexibility index (Phi) is 3.81. The van der Waals surface area contributed by atoms with Crippen molar-refractivity contribution in [2.75, 3.05) is 5.32 Å². The summed E-state index contributed by atoms with van der Waals surface area (Å²) in [6.45, 7) is 1.91. The normalized spacial score (nSPS) is 27.3. The van der Waals surface area contributed by atoms with E-state index in [0.29, 0.717) is 6.04 Å². The van der Waals surface area contributed by atoms with Gasteiger partial charge >= 0.3 is 0 Å². The minimum atomic E-state index is 0.233. The third-order valence-electron chi connectivity index (χ3n) is 2.77. The van der Waals surface area contributed by atoms with Gasteiger partial charge in [0.2, 0.25) is 5.13 Å². The van der Waals surface area contributed by atoms with Gasteiger partial charge in [0.05, 0.1) is 5.38 Å². The smallest absolute Gasteiger partial charge is 0.202 e. The highest BCUT2D eigenvalue weighted by atomic mass is 35.5. The van der Waals surface area contributed by atoms with Crippen LogP contribution in [0, 0.1) is 6.92 Å². The summed E-state index contributed by atoms with van der Waals surface area (Å²) in [5.74, 6) is 0.835. The lowest BCUT2D eigenvalue weighted by molar-refractivity contribution is 0.626. The number of aryl methyl sites for hydroxylation is 1. The lowest BCUT2D eigenvalue weighted by Gasteiger charge is -2.20. The van der Waals surface area contributed by atoms with Gasteiger partial charge in [0.25, 0.3) is 0 Å². The van der Waals surface area contributed by atoms with Gasteiger partial charge in [0.1, 0.15) is 5.82 Å². The minimum absolute atomic E-state index is 0.233. The van der Waals surface area contributed by atoms with E-state index in [4.69, 9.17) is 11.6 Å². The van der Waals surface area contributed by atoms with Crippen molar-refractivity contribution in [3.05, 3.63) is 5.82 Å². The molecule has 1 aliphatic carbocycles. The van der Waals surface area contributed by atoms with Crippen molar-refractivity contribution >= 4 is 28.3 Å². The highest BCUT2D eigenvalue weighted by Gasteiger charge is 2.22. The molecule has 0 bridgehead atoms. The van der Waals surface area contributed by atoms with Crippen LogP contribution in [-0.4, -0.2) is 20.8 Å².